The maximum Gasteiger partial charge on any atom is 0.435 e. The van der Waals surface area contributed by atoms with Crippen LogP contribution in [-0.2, 0) is 11.0 Å². The molecule has 0 bridgehead atoms. The van der Waals surface area contributed by atoms with Crippen LogP contribution in [0.1, 0.15) is 19.0 Å². The van der Waals surface area contributed by atoms with Crippen LogP contribution in [0.15, 0.2) is 24.7 Å². The van der Waals surface area contributed by atoms with E-state index in [-0.39, 0.29) is 17.8 Å². The Morgan fingerprint density at radius 3 is 2.59 bits per heavy atom. The first kappa shape index (κ1) is 15.8. The zero-order valence-electron chi connectivity index (χ0n) is 11.3. The van der Waals surface area contributed by atoms with Crippen molar-refractivity contribution in [3.63, 3.8) is 0 Å². The number of nitrogens with one attached hydrogen (secondary N) is 1. The van der Waals surface area contributed by atoms with E-state index in [9.17, 15) is 22.4 Å². The minimum absolute atomic E-state index is 0.00105. The van der Waals surface area contributed by atoms with Crippen molar-refractivity contribution in [3.8, 4) is 11.4 Å². The second-order valence-corrected chi connectivity index (χ2v) is 4.25. The molecule has 22 heavy (non-hydrogen) atoms. The minimum Gasteiger partial charge on any atom is -0.323 e. The van der Waals surface area contributed by atoms with Gasteiger partial charge in [0.05, 0.1) is 18.1 Å². The molecule has 2 aromatic rings. The van der Waals surface area contributed by atoms with Gasteiger partial charge < -0.3 is 5.32 Å². The van der Waals surface area contributed by atoms with Gasteiger partial charge in [-0.2, -0.15) is 13.2 Å². The van der Waals surface area contributed by atoms with Crippen LogP contribution in [0.5, 0.6) is 0 Å². The van der Waals surface area contributed by atoms with Crippen molar-refractivity contribution < 1.29 is 22.4 Å². The lowest BCUT2D eigenvalue weighted by Crippen LogP contribution is -2.18. The summed E-state index contributed by atoms with van der Waals surface area (Å²) in [5.41, 5.74) is -1.85. The molecule has 0 aliphatic carbocycles. The van der Waals surface area contributed by atoms with E-state index in [1.54, 1.807) is 0 Å². The van der Waals surface area contributed by atoms with Crippen LogP contribution in [0.2, 0.25) is 0 Å². The molecule has 0 unspecified atom stereocenters. The molecule has 0 saturated heterocycles. The Morgan fingerprint density at radius 1 is 1.27 bits per heavy atom. The van der Waals surface area contributed by atoms with Gasteiger partial charge in [0.1, 0.15) is 5.82 Å². The molecule has 0 fully saturated rings. The van der Waals surface area contributed by atoms with Crippen molar-refractivity contribution in [1.82, 2.24) is 15.0 Å². The van der Waals surface area contributed by atoms with E-state index < -0.39 is 29.3 Å². The monoisotopic (exact) mass is 314 g/mol. The molecule has 1 N–H and O–H groups in total. The number of halogens is 4. The summed E-state index contributed by atoms with van der Waals surface area (Å²) in [5, 5.41) is 2.08. The van der Waals surface area contributed by atoms with Crippen molar-refractivity contribution in [3.05, 3.63) is 36.2 Å². The number of anilines is 1. The molecule has 0 radical (unpaired) electrons. The van der Waals surface area contributed by atoms with Crippen LogP contribution in [0.3, 0.4) is 0 Å². The van der Waals surface area contributed by atoms with Crippen molar-refractivity contribution in [2.24, 2.45) is 0 Å². The highest BCUT2D eigenvalue weighted by molar-refractivity contribution is 5.91. The molecular weight excluding hydrogens is 304 g/mol. The number of carbonyl (C=O) groups is 1. The number of nitrogens with zero attached hydrogens (tertiary/aromatic N) is 3. The lowest BCUT2D eigenvalue weighted by Gasteiger charge is -2.13. The smallest absolute Gasteiger partial charge is 0.323 e. The summed E-state index contributed by atoms with van der Waals surface area (Å²) in [5.74, 6) is -1.67. The fraction of sp³-hybridized carbons (Fsp3) is 0.231. The van der Waals surface area contributed by atoms with Gasteiger partial charge in [-0.15, -0.1) is 0 Å². The molecule has 0 aromatic carbocycles. The van der Waals surface area contributed by atoms with E-state index >= 15 is 0 Å². The van der Waals surface area contributed by atoms with Crippen LogP contribution in [-0.4, -0.2) is 20.9 Å². The van der Waals surface area contributed by atoms with Crippen molar-refractivity contribution in [2.75, 3.05) is 5.32 Å². The van der Waals surface area contributed by atoms with Gasteiger partial charge in [0.25, 0.3) is 0 Å². The van der Waals surface area contributed by atoms with Gasteiger partial charge in [-0.05, 0) is 6.07 Å². The standard InChI is InChI=1S/C13H10F4N4O/c1-2-10(22)20-9-6-19-12(21-11(9)13(15,16)17)7-3-8(14)5-18-4-7/h3-6H,2H2,1H3,(H,20,22). The van der Waals surface area contributed by atoms with Gasteiger partial charge >= 0.3 is 6.18 Å². The van der Waals surface area contributed by atoms with Crippen LogP contribution < -0.4 is 5.32 Å². The summed E-state index contributed by atoms with van der Waals surface area (Å²) in [4.78, 5) is 21.9. The second kappa shape index (κ2) is 6.04. The molecule has 0 spiro atoms. The average molecular weight is 314 g/mol. The lowest BCUT2D eigenvalue weighted by molar-refractivity contribution is -0.140. The zero-order chi connectivity index (χ0) is 16.3. The van der Waals surface area contributed by atoms with Crippen LogP contribution >= 0.6 is 0 Å². The molecule has 0 saturated carbocycles. The fourth-order valence-electron chi connectivity index (χ4n) is 1.60. The summed E-state index contributed by atoms with van der Waals surface area (Å²) in [6.45, 7) is 1.50. The van der Waals surface area contributed by atoms with Gasteiger partial charge in [0, 0.05) is 18.2 Å². The van der Waals surface area contributed by atoms with Gasteiger partial charge in [0.15, 0.2) is 11.5 Å². The van der Waals surface area contributed by atoms with Gasteiger partial charge in [-0.3, -0.25) is 9.78 Å². The van der Waals surface area contributed by atoms with E-state index in [0.717, 1.165) is 24.7 Å². The van der Waals surface area contributed by atoms with E-state index in [0.29, 0.717) is 0 Å². The summed E-state index contributed by atoms with van der Waals surface area (Å²) < 4.78 is 52.2. The Labute approximate surface area is 122 Å². The van der Waals surface area contributed by atoms with Gasteiger partial charge in [-0.25, -0.2) is 14.4 Å². The third kappa shape index (κ3) is 3.54. The predicted octanol–water partition coefficient (Wildman–Crippen LogP) is 3.05. The molecule has 9 heteroatoms. The molecule has 2 rings (SSSR count). The number of aromatic nitrogens is 3. The Morgan fingerprint density at radius 2 is 2.00 bits per heavy atom. The fourth-order valence-corrected chi connectivity index (χ4v) is 1.60. The van der Waals surface area contributed by atoms with E-state index in [1.165, 1.54) is 6.92 Å². The van der Waals surface area contributed by atoms with Crippen molar-refractivity contribution in [2.45, 2.75) is 19.5 Å². The number of hydrogen-bond acceptors (Lipinski definition) is 4. The zero-order valence-corrected chi connectivity index (χ0v) is 11.3. The molecule has 0 aliphatic heterocycles. The number of carbonyl (C=O) groups excluding carboxylic acids is 1. The number of amides is 1. The quantitative estimate of drug-likeness (QED) is 0.884. The molecular formula is C13H10F4N4O. The highest BCUT2D eigenvalue weighted by Crippen LogP contribution is 2.34. The SMILES string of the molecule is CCC(=O)Nc1cnc(-c2cncc(F)c2)nc1C(F)(F)F. The van der Waals surface area contributed by atoms with Crippen LogP contribution in [0.25, 0.3) is 11.4 Å². The summed E-state index contributed by atoms with van der Waals surface area (Å²) in [7, 11) is 0. The van der Waals surface area contributed by atoms with Gasteiger partial charge in [-0.1, -0.05) is 6.92 Å². The maximum atomic E-state index is 13.1. The first-order chi connectivity index (χ1) is 10.3. The Kier molecular flexibility index (Phi) is 4.34. The van der Waals surface area contributed by atoms with E-state index in [1.807, 2.05) is 0 Å². The first-order valence-electron chi connectivity index (χ1n) is 6.16. The summed E-state index contributed by atoms with van der Waals surface area (Å²) in [6.07, 6.45) is -1.90. The molecule has 1 amide bonds. The summed E-state index contributed by atoms with van der Waals surface area (Å²) in [6, 6.07) is 0.965. The molecule has 0 atom stereocenters. The molecule has 116 valence electrons. The topological polar surface area (TPSA) is 67.8 Å². The van der Waals surface area contributed by atoms with E-state index in [2.05, 4.69) is 20.3 Å². The Balaban J connectivity index is 2.50. The normalized spacial score (nSPS) is 11.3. The second-order valence-electron chi connectivity index (χ2n) is 4.25. The largest absolute Gasteiger partial charge is 0.435 e. The predicted molar refractivity (Wildman–Crippen MR) is 69.1 cm³/mol. The molecule has 0 aliphatic rings. The molecule has 2 aromatic heterocycles. The lowest BCUT2D eigenvalue weighted by atomic mass is 10.2. The number of pyridine rings is 1. The third-order valence-corrected chi connectivity index (χ3v) is 2.62. The third-order valence-electron chi connectivity index (χ3n) is 2.62. The van der Waals surface area contributed by atoms with Crippen molar-refractivity contribution in [1.29, 1.82) is 0 Å². The Hall–Kier alpha value is -2.58. The van der Waals surface area contributed by atoms with Crippen LogP contribution in [0, 0.1) is 5.82 Å². The molecule has 5 nitrogen and oxygen atoms in total. The average Bonchev–Trinajstić information content (AvgIpc) is 2.46. The van der Waals surface area contributed by atoms with Crippen LogP contribution in [0.4, 0.5) is 23.2 Å². The number of hydrogen-bond donors (Lipinski definition) is 1. The highest BCUT2D eigenvalue weighted by Gasteiger charge is 2.36. The van der Waals surface area contributed by atoms with Gasteiger partial charge in [0.2, 0.25) is 5.91 Å². The highest BCUT2D eigenvalue weighted by atomic mass is 19.4. The summed E-state index contributed by atoms with van der Waals surface area (Å²) >= 11 is 0. The van der Waals surface area contributed by atoms with Crippen molar-refractivity contribution >= 4 is 11.6 Å². The first-order valence-corrected chi connectivity index (χ1v) is 6.16. The number of rotatable bonds is 3. The molecule has 2 heterocycles. The number of alkyl halides is 3. The van der Waals surface area contributed by atoms with E-state index in [4.69, 9.17) is 0 Å². The Bertz CT molecular complexity index is 703. The maximum absolute atomic E-state index is 13.1. The minimum atomic E-state index is -4.80.